The molecule has 0 saturated carbocycles. The van der Waals surface area contributed by atoms with Gasteiger partial charge < -0.3 is 10.3 Å². The molecule has 0 saturated heterocycles. The van der Waals surface area contributed by atoms with Crippen LogP contribution in [0.1, 0.15) is 19.9 Å². The summed E-state index contributed by atoms with van der Waals surface area (Å²) in [4.78, 5) is 15.4. The van der Waals surface area contributed by atoms with Crippen LogP contribution >= 0.6 is 0 Å². The van der Waals surface area contributed by atoms with Crippen LogP contribution in [-0.4, -0.2) is 29.7 Å². The second-order valence-electron chi connectivity index (χ2n) is 4.25. The third kappa shape index (κ3) is 1.79. The van der Waals surface area contributed by atoms with E-state index in [2.05, 4.69) is 44.2 Å². The van der Waals surface area contributed by atoms with Crippen LogP contribution in [0.2, 0.25) is 0 Å². The fourth-order valence-corrected chi connectivity index (χ4v) is 1.68. The first-order valence-electron chi connectivity index (χ1n) is 5.69. The number of imidazole rings is 1. The van der Waals surface area contributed by atoms with Gasteiger partial charge in [0, 0.05) is 12.2 Å². The van der Waals surface area contributed by atoms with Gasteiger partial charge in [-0.25, -0.2) is 15.0 Å². The summed E-state index contributed by atoms with van der Waals surface area (Å²) in [5.41, 5.74) is 2.32. The van der Waals surface area contributed by atoms with Gasteiger partial charge in [0.15, 0.2) is 11.5 Å². The van der Waals surface area contributed by atoms with Crippen LogP contribution in [0.15, 0.2) is 25.0 Å². The van der Waals surface area contributed by atoms with E-state index in [1.54, 1.807) is 12.5 Å². The lowest BCUT2D eigenvalue weighted by Gasteiger charge is -2.04. The van der Waals surface area contributed by atoms with E-state index in [-0.39, 0.29) is 0 Å². The molecule has 18 heavy (non-hydrogen) atoms. The zero-order valence-corrected chi connectivity index (χ0v) is 10.1. The monoisotopic (exact) mass is 243 g/mol. The van der Waals surface area contributed by atoms with Crippen LogP contribution in [-0.2, 0) is 0 Å². The summed E-state index contributed by atoms with van der Waals surface area (Å²) in [5.74, 6) is 0.695. The predicted molar refractivity (Wildman–Crippen MR) is 67.6 cm³/mol. The van der Waals surface area contributed by atoms with Gasteiger partial charge in [0.1, 0.15) is 11.8 Å². The Morgan fingerprint density at radius 1 is 1.28 bits per heavy atom. The molecular formula is C11H13N7. The summed E-state index contributed by atoms with van der Waals surface area (Å²) in [6.45, 7) is 4.16. The number of hydrogen-bond acceptors (Lipinski definition) is 5. The molecule has 0 aliphatic heterocycles. The molecule has 0 radical (unpaired) electrons. The van der Waals surface area contributed by atoms with Crippen molar-refractivity contribution >= 4 is 22.7 Å². The van der Waals surface area contributed by atoms with Gasteiger partial charge in [0.25, 0.3) is 0 Å². The third-order valence-corrected chi connectivity index (χ3v) is 2.62. The molecule has 3 heterocycles. The number of fused-ring (bicyclic) bond motifs is 1. The van der Waals surface area contributed by atoms with E-state index in [1.165, 1.54) is 6.33 Å². The van der Waals surface area contributed by atoms with Crippen molar-refractivity contribution in [2.24, 2.45) is 0 Å². The van der Waals surface area contributed by atoms with Gasteiger partial charge in [-0.2, -0.15) is 5.10 Å². The molecule has 0 fully saturated rings. The predicted octanol–water partition coefficient (Wildman–Crippen LogP) is 1.87. The fraction of sp³-hybridized carbons (Fsp3) is 0.273. The maximum atomic E-state index is 4.26. The van der Waals surface area contributed by atoms with Gasteiger partial charge in [-0.05, 0) is 13.8 Å². The minimum Gasteiger partial charge on any atom is -0.340 e. The molecule has 0 aromatic carbocycles. The number of aromatic amines is 1. The van der Waals surface area contributed by atoms with Gasteiger partial charge in [-0.1, -0.05) is 0 Å². The van der Waals surface area contributed by atoms with Crippen LogP contribution < -0.4 is 5.32 Å². The first-order valence-corrected chi connectivity index (χ1v) is 5.69. The molecule has 0 spiro atoms. The van der Waals surface area contributed by atoms with Crippen molar-refractivity contribution in [2.45, 2.75) is 19.9 Å². The van der Waals surface area contributed by atoms with Gasteiger partial charge in [0.2, 0.25) is 0 Å². The lowest BCUT2D eigenvalue weighted by Crippen LogP contribution is -2.00. The molecule has 3 rings (SSSR count). The van der Waals surface area contributed by atoms with E-state index in [4.69, 9.17) is 0 Å². The van der Waals surface area contributed by atoms with E-state index >= 15 is 0 Å². The molecule has 0 atom stereocenters. The summed E-state index contributed by atoms with van der Waals surface area (Å²) < 4.78 is 1.88. The standard InChI is InChI=1S/C11H13N7/c1-7(2)18-4-8(3-16-18)17-11-9-10(13-5-12-9)14-6-15-11/h3-7H,1-2H3,(H2,12,13,14,15,17). The minimum atomic E-state index is 0.332. The normalized spacial score (nSPS) is 11.3. The quantitative estimate of drug-likeness (QED) is 0.733. The van der Waals surface area contributed by atoms with Crippen molar-refractivity contribution in [3.63, 3.8) is 0 Å². The number of aromatic nitrogens is 6. The van der Waals surface area contributed by atoms with Crippen molar-refractivity contribution < 1.29 is 0 Å². The summed E-state index contributed by atoms with van der Waals surface area (Å²) in [6, 6.07) is 0.332. The van der Waals surface area contributed by atoms with Crippen LogP contribution in [0, 0.1) is 0 Å². The second-order valence-corrected chi connectivity index (χ2v) is 4.25. The molecule has 3 aromatic heterocycles. The zero-order chi connectivity index (χ0) is 12.5. The number of H-pyrrole nitrogens is 1. The Morgan fingerprint density at radius 3 is 2.94 bits per heavy atom. The van der Waals surface area contributed by atoms with Gasteiger partial charge in [-0.3, -0.25) is 4.68 Å². The average Bonchev–Trinajstić information content (AvgIpc) is 2.97. The number of nitrogens with one attached hydrogen (secondary N) is 2. The van der Waals surface area contributed by atoms with E-state index in [9.17, 15) is 0 Å². The molecule has 3 aromatic rings. The topological polar surface area (TPSA) is 84.3 Å². The molecular weight excluding hydrogens is 230 g/mol. The third-order valence-electron chi connectivity index (χ3n) is 2.62. The van der Waals surface area contributed by atoms with E-state index in [0.29, 0.717) is 17.5 Å². The van der Waals surface area contributed by atoms with E-state index < -0.39 is 0 Å². The maximum absolute atomic E-state index is 4.26. The first kappa shape index (κ1) is 10.7. The minimum absolute atomic E-state index is 0.332. The van der Waals surface area contributed by atoms with Crippen LogP contribution in [0.25, 0.3) is 11.2 Å². The Balaban J connectivity index is 1.93. The Morgan fingerprint density at radius 2 is 2.17 bits per heavy atom. The highest BCUT2D eigenvalue weighted by Crippen LogP contribution is 2.20. The Kier molecular flexibility index (Phi) is 2.44. The summed E-state index contributed by atoms with van der Waals surface area (Å²) in [6.07, 6.45) is 6.79. The van der Waals surface area contributed by atoms with Gasteiger partial charge in [0.05, 0.1) is 18.2 Å². The SMILES string of the molecule is CC(C)n1cc(Nc2ncnc3nc[nH]c23)cn1. The largest absolute Gasteiger partial charge is 0.340 e. The molecule has 7 heteroatoms. The lowest BCUT2D eigenvalue weighted by atomic mass is 10.4. The highest BCUT2D eigenvalue weighted by atomic mass is 15.3. The molecule has 0 bridgehead atoms. The van der Waals surface area contributed by atoms with Gasteiger partial charge in [-0.15, -0.1) is 0 Å². The molecule has 0 amide bonds. The molecule has 0 aliphatic rings. The Labute approximate surface area is 103 Å². The molecule has 0 aliphatic carbocycles. The van der Waals surface area contributed by atoms with E-state index in [1.807, 2.05) is 10.9 Å². The summed E-state index contributed by atoms with van der Waals surface area (Å²) >= 11 is 0. The average molecular weight is 243 g/mol. The smallest absolute Gasteiger partial charge is 0.182 e. The molecule has 92 valence electrons. The summed E-state index contributed by atoms with van der Waals surface area (Å²) in [5, 5.41) is 7.47. The first-order chi connectivity index (χ1) is 8.74. The van der Waals surface area contributed by atoms with Crippen LogP contribution in [0.5, 0.6) is 0 Å². The maximum Gasteiger partial charge on any atom is 0.182 e. The zero-order valence-electron chi connectivity index (χ0n) is 10.1. The van der Waals surface area contributed by atoms with Crippen molar-refractivity contribution in [3.8, 4) is 0 Å². The van der Waals surface area contributed by atoms with E-state index in [0.717, 1.165) is 11.2 Å². The lowest BCUT2D eigenvalue weighted by molar-refractivity contribution is 0.532. The summed E-state index contributed by atoms with van der Waals surface area (Å²) in [7, 11) is 0. The number of rotatable bonds is 3. The molecule has 0 unspecified atom stereocenters. The van der Waals surface area contributed by atoms with Crippen LogP contribution in [0.4, 0.5) is 11.5 Å². The van der Waals surface area contributed by atoms with Crippen LogP contribution in [0.3, 0.4) is 0 Å². The number of anilines is 2. The molecule has 7 nitrogen and oxygen atoms in total. The fourth-order valence-electron chi connectivity index (χ4n) is 1.68. The van der Waals surface area contributed by atoms with Gasteiger partial charge >= 0.3 is 0 Å². The number of nitrogens with zero attached hydrogens (tertiary/aromatic N) is 5. The second kappa shape index (κ2) is 4.10. The van der Waals surface area contributed by atoms with Crippen molar-refractivity contribution in [1.29, 1.82) is 0 Å². The van der Waals surface area contributed by atoms with Crippen molar-refractivity contribution in [2.75, 3.05) is 5.32 Å². The Hall–Kier alpha value is -2.44. The highest BCUT2D eigenvalue weighted by molar-refractivity contribution is 5.84. The Bertz CT molecular complexity index is 667. The van der Waals surface area contributed by atoms with Crippen molar-refractivity contribution in [3.05, 3.63) is 25.0 Å². The van der Waals surface area contributed by atoms with Crippen molar-refractivity contribution in [1.82, 2.24) is 29.7 Å². The number of hydrogen-bond donors (Lipinski definition) is 2. The highest BCUT2D eigenvalue weighted by Gasteiger charge is 2.07. The molecule has 2 N–H and O–H groups in total.